The zero-order valence-electron chi connectivity index (χ0n) is 16.9. The molecule has 4 saturated carbocycles. The summed E-state index contributed by atoms with van der Waals surface area (Å²) in [7, 11) is 0. The Kier molecular flexibility index (Phi) is 4.11. The van der Waals surface area contributed by atoms with E-state index in [-0.39, 0.29) is 40.8 Å². The summed E-state index contributed by atoms with van der Waals surface area (Å²) >= 11 is 0. The third kappa shape index (κ3) is 2.37. The highest BCUT2D eigenvalue weighted by Gasteiger charge is 2.70. The molecule has 2 N–H and O–H groups in total. The predicted molar refractivity (Wildman–Crippen MR) is 99.3 cm³/mol. The summed E-state index contributed by atoms with van der Waals surface area (Å²) in [5.41, 5.74) is -0.662. The molecule has 4 heteroatoms. The van der Waals surface area contributed by atoms with Crippen LogP contribution >= 0.6 is 0 Å². The molecule has 7 unspecified atom stereocenters. The van der Waals surface area contributed by atoms with Crippen LogP contribution in [0.15, 0.2) is 0 Å². The molecule has 148 valence electrons. The summed E-state index contributed by atoms with van der Waals surface area (Å²) in [6.45, 7) is 8.60. The van der Waals surface area contributed by atoms with Gasteiger partial charge in [0.2, 0.25) is 0 Å². The largest absolute Gasteiger partial charge is 0.462 e. The number of hydrogen-bond acceptors (Lipinski definition) is 4. The van der Waals surface area contributed by atoms with E-state index >= 15 is 0 Å². The minimum Gasteiger partial charge on any atom is -0.462 e. The topological polar surface area (TPSA) is 66.8 Å². The lowest BCUT2D eigenvalue weighted by molar-refractivity contribution is -0.213. The summed E-state index contributed by atoms with van der Waals surface area (Å²) in [4.78, 5) is 12.0. The number of carbonyl (C=O) groups is 1. The number of carbonyl (C=O) groups excluding carboxylic acids is 1. The molecule has 4 rings (SSSR count). The Morgan fingerprint density at radius 1 is 1.15 bits per heavy atom. The first-order valence-electron chi connectivity index (χ1n) is 10.6. The molecule has 0 aromatic rings. The van der Waals surface area contributed by atoms with E-state index in [1.807, 2.05) is 0 Å². The molecule has 4 nitrogen and oxygen atoms in total. The van der Waals surface area contributed by atoms with Crippen LogP contribution in [0.5, 0.6) is 0 Å². The minimum absolute atomic E-state index is 0.121. The molecule has 4 fully saturated rings. The van der Waals surface area contributed by atoms with Crippen molar-refractivity contribution < 1.29 is 19.7 Å². The van der Waals surface area contributed by atoms with Crippen molar-refractivity contribution in [2.75, 3.05) is 6.61 Å². The van der Waals surface area contributed by atoms with Gasteiger partial charge in [0, 0.05) is 12.3 Å². The van der Waals surface area contributed by atoms with Crippen LogP contribution in [0.25, 0.3) is 0 Å². The normalized spacial score (nSPS) is 52.1. The number of aliphatic hydroxyl groups excluding tert-OH is 1. The number of aliphatic hydroxyl groups is 2. The standard InChI is InChI=1S/C22H36O4/c1-14(24)26-18-10-17-19(2,3)8-5-9-20(17,4)16-7-6-15-11-21(16,18)12-22(15,25)13-23/h15-18,23,25H,5-13H2,1-4H3. The van der Waals surface area contributed by atoms with Crippen molar-refractivity contribution in [3.8, 4) is 0 Å². The van der Waals surface area contributed by atoms with Crippen molar-refractivity contribution in [3.63, 3.8) is 0 Å². The van der Waals surface area contributed by atoms with Gasteiger partial charge in [-0.15, -0.1) is 0 Å². The van der Waals surface area contributed by atoms with E-state index < -0.39 is 5.60 Å². The van der Waals surface area contributed by atoms with Crippen molar-refractivity contribution in [1.82, 2.24) is 0 Å². The van der Waals surface area contributed by atoms with Crippen molar-refractivity contribution >= 4 is 5.97 Å². The zero-order chi connectivity index (χ0) is 19.0. The molecule has 0 radical (unpaired) electrons. The Morgan fingerprint density at radius 2 is 1.88 bits per heavy atom. The van der Waals surface area contributed by atoms with E-state index in [1.54, 1.807) is 0 Å². The molecule has 4 aliphatic carbocycles. The quantitative estimate of drug-likeness (QED) is 0.734. The van der Waals surface area contributed by atoms with Gasteiger partial charge in [-0.3, -0.25) is 4.79 Å². The van der Waals surface area contributed by atoms with Crippen LogP contribution in [0.1, 0.15) is 79.1 Å². The lowest BCUT2D eigenvalue weighted by Gasteiger charge is -2.65. The smallest absolute Gasteiger partial charge is 0.302 e. The summed E-state index contributed by atoms with van der Waals surface area (Å²) < 4.78 is 5.98. The molecule has 0 aromatic heterocycles. The summed E-state index contributed by atoms with van der Waals surface area (Å²) in [6, 6.07) is 0. The van der Waals surface area contributed by atoms with Crippen LogP contribution in [0.2, 0.25) is 0 Å². The SMILES string of the molecule is CC(=O)OC1CC2C(C)(C)CCCC2(C)C2CCC3CC12CC3(O)CO. The summed E-state index contributed by atoms with van der Waals surface area (Å²) in [5, 5.41) is 21.1. The number of rotatable bonds is 2. The number of hydrogen-bond donors (Lipinski definition) is 2. The van der Waals surface area contributed by atoms with Gasteiger partial charge in [-0.1, -0.05) is 27.2 Å². The zero-order valence-corrected chi connectivity index (χ0v) is 16.9. The van der Waals surface area contributed by atoms with Crippen LogP contribution in [0.4, 0.5) is 0 Å². The maximum absolute atomic E-state index is 12.0. The second-order valence-electron chi connectivity index (χ2n) is 10.9. The minimum atomic E-state index is -0.999. The van der Waals surface area contributed by atoms with Crippen LogP contribution in [-0.4, -0.2) is 34.5 Å². The Hall–Kier alpha value is -0.610. The fraction of sp³-hybridized carbons (Fsp3) is 0.955. The second-order valence-corrected chi connectivity index (χ2v) is 10.9. The summed E-state index contributed by atoms with van der Waals surface area (Å²) in [6.07, 6.45) is 8.09. The van der Waals surface area contributed by atoms with Crippen molar-refractivity contribution in [2.45, 2.75) is 90.8 Å². The molecule has 26 heavy (non-hydrogen) atoms. The van der Waals surface area contributed by atoms with Gasteiger partial charge in [0.1, 0.15) is 6.10 Å². The van der Waals surface area contributed by atoms with Crippen molar-refractivity contribution in [3.05, 3.63) is 0 Å². The van der Waals surface area contributed by atoms with Gasteiger partial charge >= 0.3 is 5.97 Å². The molecule has 4 aliphatic rings. The molecule has 7 atom stereocenters. The first-order valence-corrected chi connectivity index (χ1v) is 10.6. The Balaban J connectivity index is 1.80. The molecule has 0 aliphatic heterocycles. The van der Waals surface area contributed by atoms with Crippen molar-refractivity contribution in [1.29, 1.82) is 0 Å². The van der Waals surface area contributed by atoms with Crippen LogP contribution in [0.3, 0.4) is 0 Å². The fourth-order valence-electron chi connectivity index (χ4n) is 8.35. The monoisotopic (exact) mass is 364 g/mol. The average Bonchev–Trinajstić information content (AvgIpc) is 2.77. The lowest BCUT2D eigenvalue weighted by atomic mass is 9.40. The molecule has 0 amide bonds. The maximum Gasteiger partial charge on any atom is 0.302 e. The number of esters is 1. The van der Waals surface area contributed by atoms with Gasteiger partial charge in [-0.05, 0) is 73.5 Å². The molecular formula is C22H36O4. The van der Waals surface area contributed by atoms with E-state index in [0.717, 1.165) is 25.7 Å². The van der Waals surface area contributed by atoms with E-state index in [0.29, 0.717) is 18.3 Å². The van der Waals surface area contributed by atoms with Gasteiger partial charge in [0.25, 0.3) is 0 Å². The second kappa shape index (κ2) is 5.70. The van der Waals surface area contributed by atoms with Gasteiger partial charge in [0.15, 0.2) is 0 Å². The predicted octanol–water partition coefficient (Wildman–Crippen LogP) is 3.68. The molecule has 0 aromatic carbocycles. The van der Waals surface area contributed by atoms with Gasteiger partial charge in [-0.2, -0.15) is 0 Å². The molecule has 0 heterocycles. The highest BCUT2D eigenvalue weighted by atomic mass is 16.5. The third-order valence-corrected chi connectivity index (χ3v) is 9.26. The molecule has 1 spiro atoms. The van der Waals surface area contributed by atoms with E-state index in [2.05, 4.69) is 20.8 Å². The van der Waals surface area contributed by atoms with E-state index in [1.165, 1.54) is 26.2 Å². The van der Waals surface area contributed by atoms with Gasteiger partial charge in [0.05, 0.1) is 12.2 Å². The summed E-state index contributed by atoms with van der Waals surface area (Å²) in [5.74, 6) is 0.943. The van der Waals surface area contributed by atoms with E-state index in [4.69, 9.17) is 4.74 Å². The first kappa shape index (κ1) is 18.7. The van der Waals surface area contributed by atoms with Crippen LogP contribution in [0, 0.1) is 34.0 Å². The number of ether oxygens (including phenoxy) is 1. The highest BCUT2D eigenvalue weighted by molar-refractivity contribution is 5.66. The Morgan fingerprint density at radius 3 is 2.54 bits per heavy atom. The molecular weight excluding hydrogens is 328 g/mol. The Labute approximate surface area is 157 Å². The maximum atomic E-state index is 12.0. The van der Waals surface area contributed by atoms with Crippen LogP contribution < -0.4 is 0 Å². The third-order valence-electron chi connectivity index (χ3n) is 9.26. The van der Waals surface area contributed by atoms with Gasteiger partial charge in [-0.25, -0.2) is 0 Å². The Bertz CT molecular complexity index is 601. The van der Waals surface area contributed by atoms with Gasteiger partial charge < -0.3 is 14.9 Å². The van der Waals surface area contributed by atoms with E-state index in [9.17, 15) is 15.0 Å². The molecule has 0 saturated heterocycles. The lowest BCUT2D eigenvalue weighted by Crippen LogP contribution is -2.61. The first-order chi connectivity index (χ1) is 12.1. The fourth-order valence-corrected chi connectivity index (χ4v) is 8.35. The average molecular weight is 365 g/mol. The van der Waals surface area contributed by atoms with Crippen molar-refractivity contribution in [2.24, 2.45) is 34.0 Å². The highest BCUT2D eigenvalue weighted by Crippen LogP contribution is 2.73. The molecule has 2 bridgehead atoms. The number of fused-ring (bicyclic) bond motifs is 3. The van der Waals surface area contributed by atoms with Crippen LogP contribution in [-0.2, 0) is 9.53 Å².